The van der Waals surface area contributed by atoms with E-state index in [2.05, 4.69) is 119 Å². The zero-order chi connectivity index (χ0) is 29.7. The highest BCUT2D eigenvalue weighted by Gasteiger charge is 2.19. The van der Waals surface area contributed by atoms with Crippen LogP contribution in [-0.2, 0) is 6.54 Å². The zero-order valence-electron chi connectivity index (χ0n) is 24.8. The van der Waals surface area contributed by atoms with Gasteiger partial charge in [-0.3, -0.25) is 4.57 Å². The van der Waals surface area contributed by atoms with Gasteiger partial charge in [-0.05, 0) is 82.4 Å². The lowest BCUT2D eigenvalue weighted by atomic mass is 9.95. The summed E-state index contributed by atoms with van der Waals surface area (Å²) in [7, 11) is 0. The monoisotopic (exact) mass is 705 g/mol. The molecule has 0 radical (unpaired) electrons. The van der Waals surface area contributed by atoms with Gasteiger partial charge in [-0.1, -0.05) is 84.9 Å². The normalized spacial score (nSPS) is 12.2. The molecule has 1 N–H and O–H groups in total. The summed E-state index contributed by atoms with van der Waals surface area (Å²) < 4.78 is 2.24. The average molecular weight is 706 g/mol. The standard InChI is InChI=1S/C40H27N5.HI/c1-2-11-27-26(10-1)24-31(29-13-4-3-12-28(27)29)33-15-7-16-34(42-33)35-17-8-18-36(43-35)37-19-9-21-40(44-37)45-38-20-6-5-14-30(38)32-25-41-23-22-39(32)45;/h1-24,41H,25H2;1H. The number of para-hydroxylation sites is 1. The van der Waals surface area contributed by atoms with E-state index < -0.39 is 0 Å². The summed E-state index contributed by atoms with van der Waals surface area (Å²) in [6.45, 7) is 0.795. The molecule has 46 heavy (non-hydrogen) atoms. The number of pyridine rings is 3. The van der Waals surface area contributed by atoms with Crippen LogP contribution < -0.4 is 5.32 Å². The first-order chi connectivity index (χ1) is 22.3. The van der Waals surface area contributed by atoms with Gasteiger partial charge in [0.2, 0.25) is 0 Å². The Bertz CT molecular complexity index is 2460. The van der Waals surface area contributed by atoms with Crippen molar-refractivity contribution < 1.29 is 0 Å². The van der Waals surface area contributed by atoms with Gasteiger partial charge in [0.15, 0.2) is 0 Å². The van der Waals surface area contributed by atoms with E-state index in [0.717, 1.165) is 57.6 Å². The van der Waals surface area contributed by atoms with Crippen molar-refractivity contribution in [2.45, 2.75) is 6.54 Å². The van der Waals surface area contributed by atoms with Crippen LogP contribution in [0.25, 0.3) is 78.4 Å². The average Bonchev–Trinajstić information content (AvgIpc) is 3.46. The van der Waals surface area contributed by atoms with Crippen molar-refractivity contribution in [1.29, 1.82) is 0 Å². The minimum Gasteiger partial charge on any atom is -0.387 e. The van der Waals surface area contributed by atoms with Gasteiger partial charge in [0, 0.05) is 23.1 Å². The van der Waals surface area contributed by atoms with E-state index >= 15 is 0 Å². The van der Waals surface area contributed by atoms with Crippen molar-refractivity contribution in [1.82, 2.24) is 24.8 Å². The number of fused-ring (bicyclic) bond motifs is 6. The lowest BCUT2D eigenvalue weighted by Crippen LogP contribution is -2.11. The lowest BCUT2D eigenvalue weighted by Gasteiger charge is -2.13. The number of halogens is 1. The molecular weight excluding hydrogens is 677 g/mol. The molecule has 0 atom stereocenters. The number of nitrogens with one attached hydrogen (secondary N) is 1. The molecule has 0 unspecified atom stereocenters. The predicted molar refractivity (Wildman–Crippen MR) is 199 cm³/mol. The van der Waals surface area contributed by atoms with E-state index in [1.54, 1.807) is 0 Å². The highest BCUT2D eigenvalue weighted by atomic mass is 127. The lowest BCUT2D eigenvalue weighted by molar-refractivity contribution is 0.852. The fourth-order valence-electron chi connectivity index (χ4n) is 6.64. The number of benzene rings is 4. The number of nitrogens with zero attached hydrogens (tertiary/aromatic N) is 4. The predicted octanol–water partition coefficient (Wildman–Crippen LogP) is 9.81. The Balaban J connectivity index is 0.00000312. The molecule has 220 valence electrons. The number of rotatable bonds is 4. The Kier molecular flexibility index (Phi) is 7.07. The molecule has 5 nitrogen and oxygen atoms in total. The van der Waals surface area contributed by atoms with Crippen LogP contribution in [0, 0.1) is 0 Å². The second kappa shape index (κ2) is 11.5. The van der Waals surface area contributed by atoms with Gasteiger partial charge in [-0.2, -0.15) is 0 Å². The van der Waals surface area contributed by atoms with Gasteiger partial charge >= 0.3 is 0 Å². The molecule has 0 aliphatic carbocycles. The third-order valence-corrected chi connectivity index (χ3v) is 8.69. The second-order valence-corrected chi connectivity index (χ2v) is 11.3. The largest absolute Gasteiger partial charge is 0.387 e. The fourth-order valence-corrected chi connectivity index (χ4v) is 6.64. The molecule has 0 bridgehead atoms. The molecule has 0 amide bonds. The first-order valence-electron chi connectivity index (χ1n) is 15.2. The SMILES string of the molecule is C1=Cc2c(c3ccccc3n2-c2cccc(-c3cccc(-c4cccc(-c5cc6ccccc6c6ccccc56)n4)n3)n2)CN1.I. The van der Waals surface area contributed by atoms with Gasteiger partial charge in [-0.15, -0.1) is 24.0 Å². The van der Waals surface area contributed by atoms with Crippen molar-refractivity contribution in [2.75, 3.05) is 0 Å². The molecular formula is C40H28IN5. The molecule has 0 fully saturated rings. The minimum absolute atomic E-state index is 0. The highest BCUT2D eigenvalue weighted by Crippen LogP contribution is 2.35. The third kappa shape index (κ3) is 4.64. The summed E-state index contributed by atoms with van der Waals surface area (Å²) in [5.41, 5.74) is 8.88. The van der Waals surface area contributed by atoms with Crippen LogP contribution in [0.2, 0.25) is 0 Å². The maximum atomic E-state index is 5.14. The molecule has 5 heterocycles. The number of aromatic nitrogens is 4. The van der Waals surface area contributed by atoms with Crippen molar-refractivity contribution in [2.24, 2.45) is 0 Å². The van der Waals surface area contributed by atoms with Crippen LogP contribution in [0.5, 0.6) is 0 Å². The van der Waals surface area contributed by atoms with E-state index in [4.69, 9.17) is 15.0 Å². The van der Waals surface area contributed by atoms with Crippen LogP contribution >= 0.6 is 24.0 Å². The molecule has 0 spiro atoms. The van der Waals surface area contributed by atoms with Crippen molar-refractivity contribution in [3.8, 4) is 39.9 Å². The molecule has 1 aliphatic heterocycles. The van der Waals surface area contributed by atoms with Crippen LogP contribution in [0.4, 0.5) is 0 Å². The molecule has 4 aromatic carbocycles. The highest BCUT2D eigenvalue weighted by molar-refractivity contribution is 14.0. The minimum atomic E-state index is 0. The number of hydrogen-bond donors (Lipinski definition) is 1. The first-order valence-corrected chi connectivity index (χ1v) is 15.2. The Morgan fingerprint density at radius 2 is 1.11 bits per heavy atom. The maximum absolute atomic E-state index is 5.14. The Morgan fingerprint density at radius 3 is 1.89 bits per heavy atom. The summed E-state index contributed by atoms with van der Waals surface area (Å²) in [4.78, 5) is 15.4. The van der Waals surface area contributed by atoms with E-state index in [9.17, 15) is 0 Å². The molecule has 9 rings (SSSR count). The van der Waals surface area contributed by atoms with E-state index in [1.807, 2.05) is 36.5 Å². The fraction of sp³-hybridized carbons (Fsp3) is 0.0250. The van der Waals surface area contributed by atoms with Crippen LogP contribution in [0.1, 0.15) is 11.3 Å². The molecule has 0 saturated carbocycles. The summed E-state index contributed by atoms with van der Waals surface area (Å²) >= 11 is 0. The number of hydrogen-bond acceptors (Lipinski definition) is 4. The first kappa shape index (κ1) is 28.2. The molecule has 4 aromatic heterocycles. The Labute approximate surface area is 283 Å². The van der Waals surface area contributed by atoms with E-state index in [1.165, 1.54) is 32.5 Å². The van der Waals surface area contributed by atoms with Gasteiger partial charge < -0.3 is 5.32 Å². The topological polar surface area (TPSA) is 55.6 Å². The van der Waals surface area contributed by atoms with Gasteiger partial charge in [-0.25, -0.2) is 15.0 Å². The van der Waals surface area contributed by atoms with Gasteiger partial charge in [0.05, 0.1) is 39.7 Å². The Morgan fingerprint density at radius 1 is 0.522 bits per heavy atom. The van der Waals surface area contributed by atoms with E-state index in [0.29, 0.717) is 0 Å². The van der Waals surface area contributed by atoms with Gasteiger partial charge in [0.25, 0.3) is 0 Å². The van der Waals surface area contributed by atoms with E-state index in [-0.39, 0.29) is 24.0 Å². The second-order valence-electron chi connectivity index (χ2n) is 11.3. The Hall–Kier alpha value is -5.34. The van der Waals surface area contributed by atoms with Crippen molar-refractivity contribution >= 4 is 62.5 Å². The molecule has 6 heteroatoms. The summed E-state index contributed by atoms with van der Waals surface area (Å²) in [6.07, 6.45) is 4.14. The zero-order valence-corrected chi connectivity index (χ0v) is 27.1. The quantitative estimate of drug-likeness (QED) is 0.146. The molecule has 8 aromatic rings. The van der Waals surface area contributed by atoms with Gasteiger partial charge in [0.1, 0.15) is 5.82 Å². The molecule has 1 aliphatic rings. The van der Waals surface area contributed by atoms with Crippen molar-refractivity contribution in [3.05, 3.63) is 151 Å². The summed E-state index contributed by atoms with van der Waals surface area (Å²) in [6, 6.07) is 46.3. The third-order valence-electron chi connectivity index (χ3n) is 8.69. The maximum Gasteiger partial charge on any atom is 0.138 e. The smallest absolute Gasteiger partial charge is 0.138 e. The summed E-state index contributed by atoms with van der Waals surface area (Å²) in [5.74, 6) is 0.868. The van der Waals surface area contributed by atoms with Crippen LogP contribution in [0.15, 0.2) is 140 Å². The van der Waals surface area contributed by atoms with Crippen LogP contribution in [-0.4, -0.2) is 19.5 Å². The summed E-state index contributed by atoms with van der Waals surface area (Å²) in [5, 5.41) is 9.46. The van der Waals surface area contributed by atoms with Crippen molar-refractivity contribution in [3.63, 3.8) is 0 Å². The van der Waals surface area contributed by atoms with Crippen LogP contribution in [0.3, 0.4) is 0 Å². The molecule has 0 saturated heterocycles.